The number of ether oxygens (including phenoxy) is 1. The first-order chi connectivity index (χ1) is 18.2. The summed E-state index contributed by atoms with van der Waals surface area (Å²) in [5.74, 6) is 2.93. The molecule has 1 aliphatic heterocycles. The maximum Gasteiger partial charge on any atom is 0.248 e. The van der Waals surface area contributed by atoms with E-state index >= 15 is 0 Å². The number of carbonyl (C=O) groups is 1. The van der Waals surface area contributed by atoms with Gasteiger partial charge >= 0.3 is 0 Å². The van der Waals surface area contributed by atoms with Crippen LogP contribution in [0.3, 0.4) is 0 Å². The zero-order valence-electron chi connectivity index (χ0n) is 21.0. The number of nitrogens with zero attached hydrogens (tertiary/aromatic N) is 4. The summed E-state index contributed by atoms with van der Waals surface area (Å²) in [5.41, 5.74) is 3.78. The zero-order valence-corrected chi connectivity index (χ0v) is 21.0. The van der Waals surface area contributed by atoms with Gasteiger partial charge in [0.1, 0.15) is 11.6 Å². The number of rotatable bonds is 6. The van der Waals surface area contributed by atoms with Crippen LogP contribution >= 0.6 is 0 Å². The number of likely N-dealkylation sites (tertiary alicyclic amines) is 1. The van der Waals surface area contributed by atoms with Crippen LogP contribution in [0.15, 0.2) is 84.9 Å². The van der Waals surface area contributed by atoms with Gasteiger partial charge in [-0.1, -0.05) is 66.7 Å². The average molecular weight is 491 g/mol. The standard InChI is InChI=1S/C31H30N4O2/c1-22(36)34-19-16-23(17-20-34)18-21-35-29-26-14-8-9-15-27(26)32-31(37-25-12-6-3-7-13-25)28(29)33-30(35)24-10-4-2-5-11-24/h2-15,23H,16-21H2,1H3. The number of hydrogen-bond donors (Lipinski definition) is 0. The number of para-hydroxylation sites is 2. The van der Waals surface area contributed by atoms with E-state index in [0.717, 1.165) is 78.0 Å². The number of aryl methyl sites for hydroxylation is 1. The summed E-state index contributed by atoms with van der Waals surface area (Å²) in [6.45, 7) is 4.19. The van der Waals surface area contributed by atoms with Gasteiger partial charge in [0.25, 0.3) is 0 Å². The molecule has 0 atom stereocenters. The average Bonchev–Trinajstić information content (AvgIpc) is 3.33. The van der Waals surface area contributed by atoms with Crippen molar-refractivity contribution >= 4 is 27.8 Å². The van der Waals surface area contributed by atoms with E-state index in [1.165, 1.54) is 0 Å². The fourth-order valence-electron chi connectivity index (χ4n) is 5.35. The Morgan fingerprint density at radius 2 is 1.57 bits per heavy atom. The number of imidazole rings is 1. The molecule has 6 rings (SSSR count). The van der Waals surface area contributed by atoms with Crippen LogP contribution < -0.4 is 4.74 Å². The molecule has 0 spiro atoms. The van der Waals surface area contributed by atoms with Crippen LogP contribution in [0.25, 0.3) is 33.3 Å². The van der Waals surface area contributed by atoms with Gasteiger partial charge in [0.15, 0.2) is 5.52 Å². The molecule has 0 radical (unpaired) electrons. The number of benzene rings is 3. The van der Waals surface area contributed by atoms with Gasteiger partial charge in [-0.15, -0.1) is 0 Å². The molecule has 6 nitrogen and oxygen atoms in total. The molecule has 1 saturated heterocycles. The third-order valence-corrected chi connectivity index (χ3v) is 7.36. The fraction of sp³-hybridized carbons (Fsp3) is 0.258. The van der Waals surface area contributed by atoms with E-state index in [-0.39, 0.29) is 5.91 Å². The van der Waals surface area contributed by atoms with E-state index in [4.69, 9.17) is 14.7 Å². The van der Waals surface area contributed by atoms with Crippen LogP contribution in [-0.4, -0.2) is 38.4 Å². The van der Waals surface area contributed by atoms with Crippen LogP contribution in [0.2, 0.25) is 0 Å². The minimum absolute atomic E-state index is 0.176. The van der Waals surface area contributed by atoms with Gasteiger partial charge in [0.05, 0.1) is 11.0 Å². The van der Waals surface area contributed by atoms with Gasteiger partial charge in [0, 0.05) is 37.5 Å². The Kier molecular flexibility index (Phi) is 6.31. The molecular formula is C31H30N4O2. The number of carbonyl (C=O) groups excluding carboxylic acids is 1. The van der Waals surface area contributed by atoms with E-state index in [1.807, 2.05) is 65.6 Å². The topological polar surface area (TPSA) is 60.2 Å². The van der Waals surface area contributed by atoms with Crippen molar-refractivity contribution in [2.75, 3.05) is 13.1 Å². The molecule has 1 fully saturated rings. The van der Waals surface area contributed by atoms with E-state index < -0.39 is 0 Å². The maximum absolute atomic E-state index is 11.8. The van der Waals surface area contributed by atoms with Crippen molar-refractivity contribution in [2.24, 2.45) is 5.92 Å². The lowest BCUT2D eigenvalue weighted by Gasteiger charge is -2.31. The molecule has 0 bridgehead atoms. The van der Waals surface area contributed by atoms with Gasteiger partial charge in [-0.3, -0.25) is 4.79 Å². The summed E-state index contributed by atoms with van der Waals surface area (Å²) in [7, 11) is 0. The predicted molar refractivity (Wildman–Crippen MR) is 147 cm³/mol. The van der Waals surface area contributed by atoms with E-state index in [2.05, 4.69) is 28.8 Å². The fourth-order valence-corrected chi connectivity index (χ4v) is 5.35. The number of aromatic nitrogens is 3. The summed E-state index contributed by atoms with van der Waals surface area (Å²) in [6.07, 6.45) is 3.11. The van der Waals surface area contributed by atoms with Crippen molar-refractivity contribution in [1.29, 1.82) is 0 Å². The largest absolute Gasteiger partial charge is 0.437 e. The van der Waals surface area contributed by atoms with Crippen molar-refractivity contribution < 1.29 is 9.53 Å². The number of piperidine rings is 1. The third kappa shape index (κ3) is 4.67. The van der Waals surface area contributed by atoms with E-state index in [0.29, 0.717) is 11.8 Å². The van der Waals surface area contributed by atoms with Crippen molar-refractivity contribution in [1.82, 2.24) is 19.4 Å². The molecular weight excluding hydrogens is 460 g/mol. The quantitative estimate of drug-likeness (QED) is 0.266. The molecule has 3 aromatic carbocycles. The highest BCUT2D eigenvalue weighted by molar-refractivity contribution is 6.05. The van der Waals surface area contributed by atoms with Gasteiger partial charge < -0.3 is 14.2 Å². The second-order valence-corrected chi connectivity index (χ2v) is 9.74. The minimum atomic E-state index is 0.176. The van der Waals surface area contributed by atoms with Gasteiger partial charge in [-0.05, 0) is 43.4 Å². The molecule has 6 heteroatoms. The lowest BCUT2D eigenvalue weighted by Crippen LogP contribution is -2.37. The van der Waals surface area contributed by atoms with Crippen molar-refractivity contribution in [2.45, 2.75) is 32.7 Å². The van der Waals surface area contributed by atoms with E-state index in [1.54, 1.807) is 6.92 Å². The van der Waals surface area contributed by atoms with Crippen molar-refractivity contribution in [3.05, 3.63) is 84.9 Å². The number of fused-ring (bicyclic) bond motifs is 3. The second-order valence-electron chi connectivity index (χ2n) is 9.74. The Morgan fingerprint density at radius 3 is 2.30 bits per heavy atom. The van der Waals surface area contributed by atoms with Gasteiger partial charge in [-0.2, -0.15) is 0 Å². The highest BCUT2D eigenvalue weighted by Crippen LogP contribution is 2.37. The Bertz CT molecular complexity index is 1540. The molecule has 5 aromatic rings. The summed E-state index contributed by atoms with van der Waals surface area (Å²) in [5, 5.41) is 1.07. The zero-order chi connectivity index (χ0) is 25.2. The molecule has 0 unspecified atom stereocenters. The summed E-state index contributed by atoms with van der Waals surface area (Å²) >= 11 is 0. The summed E-state index contributed by atoms with van der Waals surface area (Å²) in [6, 6.07) is 28.3. The smallest absolute Gasteiger partial charge is 0.248 e. The normalized spacial score (nSPS) is 14.4. The summed E-state index contributed by atoms with van der Waals surface area (Å²) in [4.78, 5) is 23.8. The van der Waals surface area contributed by atoms with Crippen LogP contribution in [0.5, 0.6) is 11.6 Å². The van der Waals surface area contributed by atoms with Gasteiger partial charge in [0.2, 0.25) is 11.8 Å². The SMILES string of the molecule is CC(=O)N1CCC(CCn2c(-c3ccccc3)nc3c(Oc4ccccc4)nc4ccccc4c32)CC1. The Hall–Kier alpha value is -4.19. The Morgan fingerprint density at radius 1 is 0.892 bits per heavy atom. The lowest BCUT2D eigenvalue weighted by molar-refractivity contribution is -0.130. The first-order valence-electron chi connectivity index (χ1n) is 13.0. The van der Waals surface area contributed by atoms with Crippen molar-refractivity contribution in [3.8, 4) is 23.0 Å². The second kappa shape index (κ2) is 10.1. The highest BCUT2D eigenvalue weighted by Gasteiger charge is 2.24. The molecule has 2 aromatic heterocycles. The Balaban J connectivity index is 1.45. The molecule has 3 heterocycles. The first kappa shape index (κ1) is 23.2. The molecule has 186 valence electrons. The van der Waals surface area contributed by atoms with Crippen LogP contribution in [0.1, 0.15) is 26.2 Å². The lowest BCUT2D eigenvalue weighted by atomic mass is 9.93. The molecule has 1 aliphatic rings. The molecule has 0 N–H and O–H groups in total. The molecule has 1 amide bonds. The minimum Gasteiger partial charge on any atom is -0.437 e. The molecule has 0 saturated carbocycles. The Labute approximate surface area is 216 Å². The summed E-state index contributed by atoms with van der Waals surface area (Å²) < 4.78 is 8.66. The maximum atomic E-state index is 11.8. The first-order valence-corrected chi connectivity index (χ1v) is 13.0. The van der Waals surface area contributed by atoms with Crippen LogP contribution in [0.4, 0.5) is 0 Å². The molecule has 37 heavy (non-hydrogen) atoms. The van der Waals surface area contributed by atoms with Crippen LogP contribution in [-0.2, 0) is 11.3 Å². The number of hydrogen-bond acceptors (Lipinski definition) is 4. The third-order valence-electron chi connectivity index (χ3n) is 7.36. The van der Waals surface area contributed by atoms with E-state index in [9.17, 15) is 4.79 Å². The van der Waals surface area contributed by atoms with Crippen LogP contribution in [0, 0.1) is 5.92 Å². The number of amides is 1. The van der Waals surface area contributed by atoms with Crippen molar-refractivity contribution in [3.63, 3.8) is 0 Å². The predicted octanol–water partition coefficient (Wildman–Crippen LogP) is 6.69. The number of pyridine rings is 1. The molecule has 0 aliphatic carbocycles. The highest BCUT2D eigenvalue weighted by atomic mass is 16.5. The monoisotopic (exact) mass is 490 g/mol. The van der Waals surface area contributed by atoms with Gasteiger partial charge in [-0.25, -0.2) is 9.97 Å².